The third kappa shape index (κ3) is 4.92. The Morgan fingerprint density at radius 2 is 1.78 bits per heavy atom. The van der Waals surface area contributed by atoms with Crippen LogP contribution < -0.4 is 14.8 Å². The van der Waals surface area contributed by atoms with Crippen LogP contribution in [0.25, 0.3) is 0 Å². The molecule has 1 aliphatic rings. The van der Waals surface area contributed by atoms with Gasteiger partial charge in [-0.05, 0) is 25.2 Å². The van der Waals surface area contributed by atoms with Crippen LogP contribution in [0.3, 0.4) is 0 Å². The van der Waals surface area contributed by atoms with Crippen molar-refractivity contribution >= 4 is 58.0 Å². The van der Waals surface area contributed by atoms with Gasteiger partial charge in [0.1, 0.15) is 12.7 Å². The van der Waals surface area contributed by atoms with Crippen molar-refractivity contribution in [2.45, 2.75) is 6.10 Å². The van der Waals surface area contributed by atoms with Crippen LogP contribution in [0, 0.1) is 0 Å². The lowest BCUT2D eigenvalue weighted by atomic mass is 10.2. The highest BCUT2D eigenvalue weighted by atomic mass is 35.5. The molecule has 0 aliphatic carbocycles. The topological polar surface area (TPSA) is 50.8 Å². The summed E-state index contributed by atoms with van der Waals surface area (Å²) in [5.74, 6) is 1.10. The molecular weight excluding hydrogens is 434 g/mol. The second-order valence-electron chi connectivity index (χ2n) is 6.09. The molecule has 0 saturated carbocycles. The summed E-state index contributed by atoms with van der Waals surface area (Å²) >= 11 is 24.2. The third-order valence-electron chi connectivity index (χ3n) is 3.87. The molecule has 27 heavy (non-hydrogen) atoms. The Labute approximate surface area is 177 Å². The molecule has 0 fully saturated rings. The largest absolute Gasteiger partial charge is 0.486 e. The van der Waals surface area contributed by atoms with Gasteiger partial charge in [-0.2, -0.15) is 0 Å². The molecule has 1 aliphatic heterocycles. The average molecular weight is 450 g/mol. The van der Waals surface area contributed by atoms with E-state index < -0.39 is 0 Å². The number of carbonyl (C=O) groups excluding carboxylic acids is 1. The normalized spacial score (nSPS) is 15.7. The predicted molar refractivity (Wildman–Crippen MR) is 109 cm³/mol. The summed E-state index contributed by atoms with van der Waals surface area (Å²) in [4.78, 5) is 14.2. The van der Waals surface area contributed by atoms with Crippen LogP contribution in [0.5, 0.6) is 11.5 Å². The first kappa shape index (κ1) is 20.4. The number of anilines is 1. The number of likely N-dealkylation sites (N-methyl/N-ethyl adjacent to an activating group) is 1. The number of nitrogens with one attached hydrogen (secondary N) is 1. The fraction of sp³-hybridized carbons (Fsp3) is 0.278. The number of ether oxygens (including phenoxy) is 2. The molecule has 0 bridgehead atoms. The van der Waals surface area contributed by atoms with Crippen LogP contribution in [0.2, 0.25) is 20.1 Å². The van der Waals surface area contributed by atoms with Gasteiger partial charge in [0, 0.05) is 6.54 Å². The molecule has 0 saturated heterocycles. The van der Waals surface area contributed by atoms with E-state index in [4.69, 9.17) is 55.9 Å². The molecule has 1 unspecified atom stereocenters. The van der Waals surface area contributed by atoms with Crippen molar-refractivity contribution in [2.75, 3.05) is 32.1 Å². The first-order valence-electron chi connectivity index (χ1n) is 8.05. The molecule has 2 aromatic carbocycles. The molecule has 0 radical (unpaired) electrons. The Kier molecular flexibility index (Phi) is 6.61. The van der Waals surface area contributed by atoms with Gasteiger partial charge < -0.3 is 14.8 Å². The SMILES string of the molecule is CN(CC(=O)Nc1c(Cl)c(Cl)cc(Cl)c1Cl)CC1COc2ccccc2O1. The summed E-state index contributed by atoms with van der Waals surface area (Å²) in [6, 6.07) is 8.89. The molecule has 1 heterocycles. The van der Waals surface area contributed by atoms with Crippen molar-refractivity contribution in [3.05, 3.63) is 50.4 Å². The van der Waals surface area contributed by atoms with Crippen molar-refractivity contribution in [3.8, 4) is 11.5 Å². The van der Waals surface area contributed by atoms with E-state index in [0.29, 0.717) is 18.9 Å². The summed E-state index contributed by atoms with van der Waals surface area (Å²) in [6.07, 6.45) is -0.189. The van der Waals surface area contributed by atoms with E-state index in [2.05, 4.69) is 5.32 Å². The number of nitrogens with zero attached hydrogens (tertiary/aromatic N) is 1. The number of fused-ring (bicyclic) bond motifs is 1. The fourth-order valence-electron chi connectivity index (χ4n) is 2.67. The summed E-state index contributed by atoms with van der Waals surface area (Å²) in [7, 11) is 1.80. The van der Waals surface area contributed by atoms with Gasteiger partial charge in [-0.1, -0.05) is 58.5 Å². The van der Waals surface area contributed by atoms with Gasteiger partial charge in [-0.3, -0.25) is 9.69 Å². The van der Waals surface area contributed by atoms with E-state index in [-0.39, 0.29) is 44.3 Å². The van der Waals surface area contributed by atoms with Gasteiger partial charge in [-0.15, -0.1) is 0 Å². The minimum absolute atomic E-state index is 0.0955. The second-order valence-corrected chi connectivity index (χ2v) is 7.66. The quantitative estimate of drug-likeness (QED) is 0.651. The molecular formula is C18H16Cl4N2O3. The zero-order valence-electron chi connectivity index (χ0n) is 14.3. The average Bonchev–Trinajstić information content (AvgIpc) is 2.63. The lowest BCUT2D eigenvalue weighted by Gasteiger charge is -2.29. The monoisotopic (exact) mass is 448 g/mol. The van der Waals surface area contributed by atoms with Crippen molar-refractivity contribution in [1.29, 1.82) is 0 Å². The van der Waals surface area contributed by atoms with Crippen LogP contribution in [-0.2, 0) is 4.79 Å². The van der Waals surface area contributed by atoms with Crippen molar-refractivity contribution in [1.82, 2.24) is 4.90 Å². The number of hydrogen-bond donors (Lipinski definition) is 1. The standard InChI is InChI=1S/C18H16Cl4N2O3/c1-24(7-10-9-26-13-4-2-3-5-14(13)27-10)8-15(25)23-18-16(21)11(19)6-12(20)17(18)22/h2-6,10H,7-9H2,1H3,(H,23,25). The van der Waals surface area contributed by atoms with Gasteiger partial charge in [0.15, 0.2) is 11.5 Å². The fourth-order valence-corrected chi connectivity index (χ4v) is 3.58. The number of hydrogen-bond acceptors (Lipinski definition) is 4. The molecule has 1 amide bonds. The van der Waals surface area contributed by atoms with E-state index in [9.17, 15) is 4.79 Å². The molecule has 2 aromatic rings. The van der Waals surface area contributed by atoms with E-state index in [1.54, 1.807) is 7.05 Å². The van der Waals surface area contributed by atoms with Gasteiger partial charge in [0.25, 0.3) is 0 Å². The van der Waals surface area contributed by atoms with E-state index in [1.165, 1.54) is 6.07 Å². The highest BCUT2D eigenvalue weighted by molar-refractivity contribution is 6.50. The molecule has 1 atom stereocenters. The Bertz CT molecular complexity index is 836. The Hall–Kier alpha value is -1.37. The highest BCUT2D eigenvalue weighted by Gasteiger charge is 2.23. The molecule has 5 nitrogen and oxygen atoms in total. The van der Waals surface area contributed by atoms with E-state index in [1.807, 2.05) is 29.2 Å². The van der Waals surface area contributed by atoms with E-state index in [0.717, 1.165) is 5.75 Å². The molecule has 144 valence electrons. The first-order chi connectivity index (χ1) is 12.8. The molecule has 9 heteroatoms. The van der Waals surface area contributed by atoms with Crippen molar-refractivity contribution in [3.63, 3.8) is 0 Å². The number of para-hydroxylation sites is 2. The van der Waals surface area contributed by atoms with Crippen molar-refractivity contribution < 1.29 is 14.3 Å². The van der Waals surface area contributed by atoms with Gasteiger partial charge >= 0.3 is 0 Å². The summed E-state index contributed by atoms with van der Waals surface area (Å²) in [6.45, 7) is 1.00. The number of amides is 1. The van der Waals surface area contributed by atoms with Gasteiger partial charge in [-0.25, -0.2) is 0 Å². The molecule has 3 rings (SSSR count). The number of rotatable bonds is 5. The maximum atomic E-state index is 12.4. The highest BCUT2D eigenvalue weighted by Crippen LogP contribution is 2.41. The number of halogens is 4. The summed E-state index contributed by atoms with van der Waals surface area (Å²) in [5.41, 5.74) is 0.195. The van der Waals surface area contributed by atoms with Crippen LogP contribution in [0.4, 0.5) is 5.69 Å². The molecule has 0 aromatic heterocycles. The first-order valence-corrected chi connectivity index (χ1v) is 9.56. The smallest absolute Gasteiger partial charge is 0.238 e. The van der Waals surface area contributed by atoms with E-state index >= 15 is 0 Å². The second kappa shape index (κ2) is 8.76. The zero-order chi connectivity index (χ0) is 19.6. The van der Waals surface area contributed by atoms with Gasteiger partial charge in [0.05, 0.1) is 32.3 Å². The maximum Gasteiger partial charge on any atom is 0.238 e. The minimum atomic E-state index is -0.309. The molecule has 1 N–H and O–H groups in total. The zero-order valence-corrected chi connectivity index (χ0v) is 17.3. The summed E-state index contributed by atoms with van der Waals surface area (Å²) < 4.78 is 11.6. The summed E-state index contributed by atoms with van der Waals surface area (Å²) in [5, 5.41) is 3.36. The third-order valence-corrected chi connectivity index (χ3v) is 5.45. The minimum Gasteiger partial charge on any atom is -0.486 e. The lowest BCUT2D eigenvalue weighted by molar-refractivity contribution is -0.117. The Morgan fingerprint density at radius 1 is 1.15 bits per heavy atom. The number of benzene rings is 2. The van der Waals surface area contributed by atoms with Crippen LogP contribution in [-0.4, -0.2) is 43.7 Å². The number of carbonyl (C=O) groups is 1. The Balaban J connectivity index is 1.58. The van der Waals surface area contributed by atoms with Crippen LogP contribution >= 0.6 is 46.4 Å². The lowest BCUT2D eigenvalue weighted by Crippen LogP contribution is -2.42. The molecule has 0 spiro atoms. The van der Waals surface area contributed by atoms with Crippen LogP contribution in [0.15, 0.2) is 30.3 Å². The van der Waals surface area contributed by atoms with Crippen LogP contribution in [0.1, 0.15) is 0 Å². The Morgan fingerprint density at radius 3 is 2.44 bits per heavy atom. The van der Waals surface area contributed by atoms with Gasteiger partial charge in [0.2, 0.25) is 5.91 Å². The maximum absolute atomic E-state index is 12.4. The predicted octanol–water partition coefficient (Wildman–Crippen LogP) is 5.01. The van der Waals surface area contributed by atoms with Crippen molar-refractivity contribution in [2.24, 2.45) is 0 Å².